The van der Waals surface area contributed by atoms with Crippen LogP contribution in [-0.2, 0) is 22.6 Å². The summed E-state index contributed by atoms with van der Waals surface area (Å²) in [5, 5.41) is 18.4. The van der Waals surface area contributed by atoms with Crippen molar-refractivity contribution in [3.8, 4) is 0 Å². The average Bonchev–Trinajstić information content (AvgIpc) is 3.23. The van der Waals surface area contributed by atoms with Crippen LogP contribution in [0.4, 0.5) is 0 Å². The largest absolute Gasteiger partial charge is 0.339 e. The summed E-state index contributed by atoms with van der Waals surface area (Å²) in [5.41, 5.74) is 0.263. The van der Waals surface area contributed by atoms with E-state index < -0.39 is 0 Å². The van der Waals surface area contributed by atoms with Crippen molar-refractivity contribution >= 4 is 22.6 Å². The Balaban J connectivity index is 1.38. The molecule has 3 aromatic rings. The quantitative estimate of drug-likeness (QED) is 0.601. The Morgan fingerprint density at radius 2 is 1.68 bits per heavy atom. The maximum Gasteiger partial charge on any atom is 0.272 e. The Bertz CT molecular complexity index is 1050. The Morgan fingerprint density at radius 1 is 1.00 bits per heavy atom. The van der Waals surface area contributed by atoms with E-state index in [9.17, 15) is 14.4 Å². The number of aromatic nitrogens is 6. The van der Waals surface area contributed by atoms with Crippen LogP contribution in [0.1, 0.15) is 5.69 Å². The van der Waals surface area contributed by atoms with Crippen LogP contribution in [0.2, 0.25) is 0 Å². The van der Waals surface area contributed by atoms with Gasteiger partial charge in [-0.05, 0) is 16.5 Å². The molecule has 0 bridgehead atoms. The molecule has 0 aliphatic carbocycles. The number of nitrogens with zero attached hydrogens (tertiary/aromatic N) is 7. The second kappa shape index (κ2) is 7.55. The van der Waals surface area contributed by atoms with Gasteiger partial charge in [0, 0.05) is 31.6 Å². The number of carbonyl (C=O) groups excluding carboxylic acids is 2. The number of amides is 2. The van der Waals surface area contributed by atoms with Gasteiger partial charge in [-0.1, -0.05) is 18.2 Å². The Labute approximate surface area is 158 Å². The Morgan fingerprint density at radius 3 is 2.36 bits per heavy atom. The molecule has 0 spiro atoms. The van der Waals surface area contributed by atoms with E-state index in [1.807, 2.05) is 6.07 Å². The summed E-state index contributed by atoms with van der Waals surface area (Å²) in [4.78, 5) is 40.2. The van der Waals surface area contributed by atoms with Crippen LogP contribution in [0.25, 0.3) is 10.8 Å². The highest BCUT2D eigenvalue weighted by Gasteiger charge is 2.25. The number of benzene rings is 1. The third-order valence-electron chi connectivity index (χ3n) is 4.77. The predicted octanol–water partition coefficient (Wildman–Crippen LogP) is -1.18. The first-order valence-corrected chi connectivity index (χ1v) is 8.84. The zero-order chi connectivity index (χ0) is 19.5. The smallest absolute Gasteiger partial charge is 0.272 e. The molecule has 0 saturated carbocycles. The molecule has 11 nitrogen and oxygen atoms in total. The first-order valence-electron chi connectivity index (χ1n) is 8.84. The van der Waals surface area contributed by atoms with Gasteiger partial charge in [0.2, 0.25) is 11.8 Å². The minimum absolute atomic E-state index is 0.0776. The second-order valence-electron chi connectivity index (χ2n) is 6.49. The number of carbonyl (C=O) groups is 2. The SMILES string of the molecule is O=C(Cc1n[nH]c(=O)c2ccccc12)N1CCN(C(=O)Cn2cnnn2)CC1. The van der Waals surface area contributed by atoms with Crippen LogP contribution < -0.4 is 5.56 Å². The van der Waals surface area contributed by atoms with Crippen LogP contribution in [0.3, 0.4) is 0 Å². The van der Waals surface area contributed by atoms with Gasteiger partial charge in [-0.2, -0.15) is 5.10 Å². The van der Waals surface area contributed by atoms with E-state index in [1.165, 1.54) is 11.0 Å². The highest BCUT2D eigenvalue weighted by Crippen LogP contribution is 2.14. The minimum atomic E-state index is -0.276. The van der Waals surface area contributed by atoms with Crippen molar-refractivity contribution in [2.45, 2.75) is 13.0 Å². The van der Waals surface area contributed by atoms with Gasteiger partial charge in [-0.25, -0.2) is 9.78 Å². The van der Waals surface area contributed by atoms with E-state index >= 15 is 0 Å². The van der Waals surface area contributed by atoms with Crippen molar-refractivity contribution < 1.29 is 9.59 Å². The second-order valence-corrected chi connectivity index (χ2v) is 6.49. The summed E-state index contributed by atoms with van der Waals surface area (Å²) in [6.07, 6.45) is 1.48. The number of fused-ring (bicyclic) bond motifs is 1. The summed E-state index contributed by atoms with van der Waals surface area (Å²) in [6.45, 7) is 1.87. The van der Waals surface area contributed by atoms with Gasteiger partial charge < -0.3 is 9.80 Å². The number of hydrogen-bond donors (Lipinski definition) is 1. The molecule has 1 aliphatic rings. The van der Waals surface area contributed by atoms with E-state index in [-0.39, 0.29) is 30.3 Å². The molecule has 0 radical (unpaired) electrons. The molecule has 1 aromatic carbocycles. The van der Waals surface area contributed by atoms with Gasteiger partial charge in [-0.3, -0.25) is 14.4 Å². The molecule has 3 heterocycles. The molecule has 1 N–H and O–H groups in total. The number of tetrazole rings is 1. The summed E-state index contributed by atoms with van der Waals surface area (Å²) < 4.78 is 1.37. The van der Waals surface area contributed by atoms with E-state index in [0.717, 1.165) is 0 Å². The first kappa shape index (κ1) is 17.8. The van der Waals surface area contributed by atoms with E-state index in [2.05, 4.69) is 25.7 Å². The fourth-order valence-corrected chi connectivity index (χ4v) is 3.26. The van der Waals surface area contributed by atoms with Crippen molar-refractivity contribution in [1.29, 1.82) is 0 Å². The summed E-state index contributed by atoms with van der Waals surface area (Å²) >= 11 is 0. The molecule has 1 fully saturated rings. The van der Waals surface area contributed by atoms with Gasteiger partial charge >= 0.3 is 0 Å². The molecular formula is C17H18N8O3. The molecule has 2 amide bonds. The molecule has 28 heavy (non-hydrogen) atoms. The van der Waals surface area contributed by atoms with Gasteiger partial charge in [0.1, 0.15) is 12.9 Å². The third kappa shape index (κ3) is 3.59. The first-order chi connectivity index (χ1) is 13.6. The molecule has 11 heteroatoms. The summed E-state index contributed by atoms with van der Waals surface area (Å²) in [6, 6.07) is 7.08. The minimum Gasteiger partial charge on any atom is -0.339 e. The highest BCUT2D eigenvalue weighted by atomic mass is 16.2. The van der Waals surface area contributed by atoms with Crippen molar-refractivity contribution in [1.82, 2.24) is 40.2 Å². The normalized spacial score (nSPS) is 14.4. The number of H-pyrrole nitrogens is 1. The Kier molecular flexibility index (Phi) is 4.79. The molecule has 4 rings (SSSR count). The van der Waals surface area contributed by atoms with Crippen LogP contribution in [0, 0.1) is 0 Å². The number of hydrogen-bond acceptors (Lipinski definition) is 7. The van der Waals surface area contributed by atoms with E-state index in [4.69, 9.17) is 0 Å². The third-order valence-corrected chi connectivity index (χ3v) is 4.77. The van der Waals surface area contributed by atoms with Crippen molar-refractivity contribution in [3.05, 3.63) is 46.6 Å². The molecule has 2 aromatic heterocycles. The van der Waals surface area contributed by atoms with Gasteiger partial charge in [0.15, 0.2) is 0 Å². The maximum atomic E-state index is 12.7. The fourth-order valence-electron chi connectivity index (χ4n) is 3.26. The fraction of sp³-hybridized carbons (Fsp3) is 0.353. The van der Waals surface area contributed by atoms with Crippen LogP contribution in [0.15, 0.2) is 35.4 Å². The van der Waals surface area contributed by atoms with E-state index in [0.29, 0.717) is 42.6 Å². The lowest BCUT2D eigenvalue weighted by Gasteiger charge is -2.34. The molecule has 1 aliphatic heterocycles. The van der Waals surface area contributed by atoms with Crippen molar-refractivity contribution in [2.75, 3.05) is 26.2 Å². The molecule has 0 unspecified atom stereocenters. The van der Waals surface area contributed by atoms with Gasteiger partial charge in [-0.15, -0.1) is 5.10 Å². The lowest BCUT2D eigenvalue weighted by Crippen LogP contribution is -2.51. The molecule has 0 atom stereocenters. The molecule has 1 saturated heterocycles. The van der Waals surface area contributed by atoms with Crippen LogP contribution >= 0.6 is 0 Å². The van der Waals surface area contributed by atoms with Gasteiger partial charge in [0.05, 0.1) is 17.5 Å². The lowest BCUT2D eigenvalue weighted by molar-refractivity contribution is -0.139. The van der Waals surface area contributed by atoms with Crippen LogP contribution in [-0.4, -0.2) is 78.2 Å². The van der Waals surface area contributed by atoms with Crippen molar-refractivity contribution in [3.63, 3.8) is 0 Å². The lowest BCUT2D eigenvalue weighted by atomic mass is 10.1. The van der Waals surface area contributed by atoms with Crippen LogP contribution in [0.5, 0.6) is 0 Å². The standard InChI is InChI=1S/C17H18N8O3/c26-15(9-14-12-3-1-2-4-13(12)17(28)20-19-14)23-5-7-24(8-6-23)16(27)10-25-11-18-21-22-25/h1-4,11H,5-10H2,(H,20,28). The summed E-state index contributed by atoms with van der Waals surface area (Å²) in [5.74, 6) is -0.176. The van der Waals surface area contributed by atoms with E-state index in [1.54, 1.807) is 28.0 Å². The average molecular weight is 382 g/mol. The number of nitrogens with one attached hydrogen (secondary N) is 1. The summed E-state index contributed by atoms with van der Waals surface area (Å²) in [7, 11) is 0. The highest BCUT2D eigenvalue weighted by molar-refractivity contribution is 5.88. The monoisotopic (exact) mass is 382 g/mol. The zero-order valence-electron chi connectivity index (χ0n) is 15.0. The van der Waals surface area contributed by atoms with Crippen molar-refractivity contribution in [2.24, 2.45) is 0 Å². The van der Waals surface area contributed by atoms with Gasteiger partial charge in [0.25, 0.3) is 5.56 Å². The topological polar surface area (TPSA) is 130 Å². The predicted molar refractivity (Wildman–Crippen MR) is 97.0 cm³/mol. The molecule has 144 valence electrons. The number of aromatic amines is 1. The number of rotatable bonds is 4. The zero-order valence-corrected chi connectivity index (χ0v) is 15.0. The maximum absolute atomic E-state index is 12.7. The molecular weight excluding hydrogens is 364 g/mol. The number of piperazine rings is 1. The Hall–Kier alpha value is -3.63.